The molecule has 0 aliphatic carbocycles. The fourth-order valence-corrected chi connectivity index (χ4v) is 0.839. The topological polar surface area (TPSA) is 63.6 Å². The van der Waals surface area contributed by atoms with Gasteiger partial charge in [0.2, 0.25) is 0 Å². The molecule has 0 aliphatic rings. The maximum atomic E-state index is 10.8. The van der Waals surface area contributed by atoms with Gasteiger partial charge in [-0.15, -0.1) is 0 Å². The summed E-state index contributed by atoms with van der Waals surface area (Å²) in [7, 11) is 1.24. The quantitative estimate of drug-likeness (QED) is 0.532. The molecule has 0 aliphatic heterocycles. The third-order valence-electron chi connectivity index (χ3n) is 1.85. The van der Waals surface area contributed by atoms with Crippen LogP contribution >= 0.6 is 0 Å². The van der Waals surface area contributed by atoms with E-state index in [0.717, 1.165) is 0 Å². The van der Waals surface area contributed by atoms with Crippen molar-refractivity contribution in [3.63, 3.8) is 0 Å². The van der Waals surface area contributed by atoms with Gasteiger partial charge in [0.25, 0.3) is 0 Å². The molecule has 0 atom stereocenters. The molecule has 13 heavy (non-hydrogen) atoms. The predicted octanol–water partition coefficient (Wildman–Crippen LogP) is 1.36. The molecule has 0 spiro atoms. The number of hydrogen-bond acceptors (Lipinski definition) is 3. The van der Waals surface area contributed by atoms with Crippen LogP contribution in [0.1, 0.15) is 26.7 Å². The molecule has 0 aromatic heterocycles. The lowest BCUT2D eigenvalue weighted by molar-refractivity contribution is -0.142. The van der Waals surface area contributed by atoms with Crippen LogP contribution in [0.3, 0.4) is 0 Å². The van der Waals surface area contributed by atoms with Crippen LogP contribution in [0, 0.1) is 0 Å². The Balaban J connectivity index is 4.64. The second-order valence-corrected chi connectivity index (χ2v) is 2.67. The number of rotatable bonds is 4. The third-order valence-corrected chi connectivity index (χ3v) is 1.85. The second kappa shape index (κ2) is 5.35. The van der Waals surface area contributed by atoms with Crippen molar-refractivity contribution in [3.05, 3.63) is 11.1 Å². The van der Waals surface area contributed by atoms with Crippen molar-refractivity contribution >= 4 is 11.9 Å². The summed E-state index contributed by atoms with van der Waals surface area (Å²) in [6.45, 7) is 3.54. The Kier molecular flexibility index (Phi) is 4.80. The van der Waals surface area contributed by atoms with Gasteiger partial charge in [-0.25, -0.2) is 4.79 Å². The molecular formula is C9H14O4. The average molecular weight is 186 g/mol. The van der Waals surface area contributed by atoms with Gasteiger partial charge in [0.1, 0.15) is 0 Å². The van der Waals surface area contributed by atoms with Gasteiger partial charge in [0.05, 0.1) is 13.5 Å². The molecule has 1 N–H and O–H groups in total. The Bertz CT molecular complexity index is 240. The molecule has 0 aromatic rings. The van der Waals surface area contributed by atoms with Gasteiger partial charge in [-0.3, -0.25) is 4.79 Å². The standard InChI is InChI=1S/C9H14O4/c1-4-6(2)7(9(11)12)5-8(10)13-3/h4-5H2,1-3H3,(H,11,12). The molecule has 0 aromatic carbocycles. The molecule has 0 amide bonds. The Morgan fingerprint density at radius 2 is 1.92 bits per heavy atom. The maximum Gasteiger partial charge on any atom is 0.332 e. The minimum absolute atomic E-state index is 0.134. The van der Waals surface area contributed by atoms with E-state index in [0.29, 0.717) is 12.0 Å². The number of aliphatic carboxylic acids is 1. The summed E-state index contributed by atoms with van der Waals surface area (Å²) in [5, 5.41) is 8.75. The van der Waals surface area contributed by atoms with Crippen LogP contribution in [0.5, 0.6) is 0 Å². The van der Waals surface area contributed by atoms with Crippen LogP contribution in [0.25, 0.3) is 0 Å². The van der Waals surface area contributed by atoms with Crippen molar-refractivity contribution in [1.29, 1.82) is 0 Å². The predicted molar refractivity (Wildman–Crippen MR) is 47.3 cm³/mol. The second-order valence-electron chi connectivity index (χ2n) is 2.67. The van der Waals surface area contributed by atoms with Crippen molar-refractivity contribution in [2.75, 3.05) is 7.11 Å². The van der Waals surface area contributed by atoms with Crippen molar-refractivity contribution in [2.45, 2.75) is 26.7 Å². The minimum Gasteiger partial charge on any atom is -0.478 e. The third kappa shape index (κ3) is 3.73. The van der Waals surface area contributed by atoms with E-state index in [1.54, 1.807) is 6.92 Å². The number of esters is 1. The lowest BCUT2D eigenvalue weighted by Gasteiger charge is -2.04. The van der Waals surface area contributed by atoms with Crippen LogP contribution in [0.15, 0.2) is 11.1 Å². The van der Waals surface area contributed by atoms with Gasteiger partial charge < -0.3 is 9.84 Å². The molecule has 0 bridgehead atoms. The van der Waals surface area contributed by atoms with E-state index in [2.05, 4.69) is 4.74 Å². The maximum absolute atomic E-state index is 10.8. The highest BCUT2D eigenvalue weighted by molar-refractivity contribution is 5.93. The molecule has 74 valence electrons. The number of carbonyl (C=O) groups excluding carboxylic acids is 1. The number of allylic oxidation sites excluding steroid dienone is 1. The van der Waals surface area contributed by atoms with E-state index >= 15 is 0 Å². The van der Waals surface area contributed by atoms with E-state index in [-0.39, 0.29) is 12.0 Å². The Labute approximate surface area is 77.2 Å². The molecule has 0 heterocycles. The first kappa shape index (κ1) is 11.7. The fraction of sp³-hybridized carbons (Fsp3) is 0.556. The van der Waals surface area contributed by atoms with Crippen LogP contribution in [0.2, 0.25) is 0 Å². The number of carboxylic acids is 1. The van der Waals surface area contributed by atoms with Crippen LogP contribution < -0.4 is 0 Å². The largest absolute Gasteiger partial charge is 0.478 e. The summed E-state index contributed by atoms with van der Waals surface area (Å²) in [5.74, 6) is -1.57. The van der Waals surface area contributed by atoms with Crippen LogP contribution in [0.4, 0.5) is 0 Å². The van der Waals surface area contributed by atoms with Gasteiger partial charge in [-0.2, -0.15) is 0 Å². The monoisotopic (exact) mass is 186 g/mol. The number of carboxylic acid groups (broad SMARTS) is 1. The zero-order valence-corrected chi connectivity index (χ0v) is 8.09. The van der Waals surface area contributed by atoms with Crippen molar-refractivity contribution in [1.82, 2.24) is 0 Å². The fourth-order valence-electron chi connectivity index (χ4n) is 0.839. The molecule has 4 nitrogen and oxygen atoms in total. The zero-order valence-electron chi connectivity index (χ0n) is 8.09. The molecule has 0 rings (SSSR count). The van der Waals surface area contributed by atoms with E-state index in [1.165, 1.54) is 7.11 Å². The molecule has 0 unspecified atom stereocenters. The first-order chi connectivity index (χ1) is 6.02. The van der Waals surface area contributed by atoms with Gasteiger partial charge in [-0.1, -0.05) is 12.5 Å². The van der Waals surface area contributed by atoms with Crippen LogP contribution in [-0.2, 0) is 14.3 Å². The Morgan fingerprint density at radius 3 is 2.23 bits per heavy atom. The number of carbonyl (C=O) groups is 2. The smallest absolute Gasteiger partial charge is 0.332 e. The normalized spacial score (nSPS) is 11.9. The summed E-state index contributed by atoms with van der Waals surface area (Å²) < 4.78 is 4.39. The van der Waals surface area contributed by atoms with E-state index in [4.69, 9.17) is 5.11 Å². The van der Waals surface area contributed by atoms with E-state index < -0.39 is 11.9 Å². The van der Waals surface area contributed by atoms with Gasteiger partial charge >= 0.3 is 11.9 Å². The van der Waals surface area contributed by atoms with Crippen molar-refractivity contribution < 1.29 is 19.4 Å². The summed E-state index contributed by atoms with van der Waals surface area (Å²) >= 11 is 0. The number of ether oxygens (including phenoxy) is 1. The summed E-state index contributed by atoms with van der Waals surface area (Å²) in [4.78, 5) is 21.5. The first-order valence-electron chi connectivity index (χ1n) is 4.01. The van der Waals surface area contributed by atoms with Crippen molar-refractivity contribution in [3.8, 4) is 0 Å². The zero-order chi connectivity index (χ0) is 10.4. The lowest BCUT2D eigenvalue weighted by Crippen LogP contribution is -2.10. The highest BCUT2D eigenvalue weighted by Crippen LogP contribution is 2.12. The molecule has 0 radical (unpaired) electrons. The minimum atomic E-state index is -1.05. The molecular weight excluding hydrogens is 172 g/mol. The Morgan fingerprint density at radius 1 is 1.38 bits per heavy atom. The van der Waals surface area contributed by atoms with Crippen LogP contribution in [-0.4, -0.2) is 24.2 Å². The van der Waals surface area contributed by atoms with Crippen molar-refractivity contribution in [2.24, 2.45) is 0 Å². The Hall–Kier alpha value is -1.32. The first-order valence-corrected chi connectivity index (χ1v) is 4.01. The van der Waals surface area contributed by atoms with Gasteiger partial charge in [0, 0.05) is 5.57 Å². The molecule has 0 saturated heterocycles. The van der Waals surface area contributed by atoms with Gasteiger partial charge in [-0.05, 0) is 13.3 Å². The van der Waals surface area contributed by atoms with Gasteiger partial charge in [0.15, 0.2) is 0 Å². The lowest BCUT2D eigenvalue weighted by atomic mass is 10.0. The summed E-state index contributed by atoms with van der Waals surface area (Å²) in [6.07, 6.45) is 0.462. The average Bonchev–Trinajstić information content (AvgIpc) is 2.11. The molecule has 0 fully saturated rings. The summed E-state index contributed by atoms with van der Waals surface area (Å²) in [5.41, 5.74) is 0.840. The van der Waals surface area contributed by atoms with E-state index in [1.807, 2.05) is 6.92 Å². The molecule has 4 heteroatoms. The number of methoxy groups -OCH3 is 1. The molecule has 0 saturated carbocycles. The highest BCUT2D eigenvalue weighted by atomic mass is 16.5. The SMILES string of the molecule is CCC(C)=C(CC(=O)OC)C(=O)O. The summed E-state index contributed by atoms with van der Waals surface area (Å²) in [6, 6.07) is 0. The van der Waals surface area contributed by atoms with E-state index in [9.17, 15) is 9.59 Å². The highest BCUT2D eigenvalue weighted by Gasteiger charge is 2.15. The number of hydrogen-bond donors (Lipinski definition) is 1.